The van der Waals surface area contributed by atoms with Crippen LogP contribution in [0.15, 0.2) is 30.6 Å². The highest BCUT2D eigenvalue weighted by atomic mass is 16.3. The van der Waals surface area contributed by atoms with Gasteiger partial charge in [0.25, 0.3) is 0 Å². The lowest BCUT2D eigenvalue weighted by molar-refractivity contribution is -0.124. The molecule has 0 spiro atoms. The molecule has 1 aromatic carbocycles. The van der Waals surface area contributed by atoms with Crippen molar-refractivity contribution < 1.29 is 9.90 Å². The highest BCUT2D eigenvalue weighted by molar-refractivity contribution is 5.83. The Morgan fingerprint density at radius 2 is 2.21 bits per heavy atom. The summed E-state index contributed by atoms with van der Waals surface area (Å²) in [5, 5.41) is 12.0. The molecule has 5 heteroatoms. The van der Waals surface area contributed by atoms with E-state index >= 15 is 0 Å². The molecular formula is C14H19N3O2. The number of nitrogens with zero attached hydrogens (tertiary/aromatic N) is 2. The lowest BCUT2D eigenvalue weighted by Crippen LogP contribution is -2.40. The minimum Gasteiger partial charge on any atom is -0.394 e. The van der Waals surface area contributed by atoms with Crippen LogP contribution in [-0.4, -0.2) is 33.2 Å². The monoisotopic (exact) mass is 261 g/mol. The van der Waals surface area contributed by atoms with Crippen LogP contribution in [0.4, 0.5) is 0 Å². The van der Waals surface area contributed by atoms with E-state index in [4.69, 9.17) is 5.11 Å². The van der Waals surface area contributed by atoms with Crippen molar-refractivity contribution in [3.8, 4) is 0 Å². The Morgan fingerprint density at radius 1 is 1.47 bits per heavy atom. The van der Waals surface area contributed by atoms with Gasteiger partial charge in [0.2, 0.25) is 5.91 Å². The van der Waals surface area contributed by atoms with Crippen LogP contribution in [0.2, 0.25) is 0 Å². The number of aliphatic hydroxyl groups is 1. The Morgan fingerprint density at radius 3 is 2.89 bits per heavy atom. The van der Waals surface area contributed by atoms with Crippen LogP contribution in [0.5, 0.6) is 0 Å². The van der Waals surface area contributed by atoms with Gasteiger partial charge < -0.3 is 15.0 Å². The van der Waals surface area contributed by atoms with Crippen LogP contribution in [0.3, 0.4) is 0 Å². The molecule has 1 unspecified atom stereocenters. The second-order valence-electron chi connectivity index (χ2n) is 4.61. The second-order valence-corrected chi connectivity index (χ2v) is 4.61. The molecule has 0 aliphatic rings. The Balaban J connectivity index is 2.19. The van der Waals surface area contributed by atoms with E-state index < -0.39 is 0 Å². The van der Waals surface area contributed by atoms with Crippen molar-refractivity contribution in [1.82, 2.24) is 14.9 Å². The van der Waals surface area contributed by atoms with Crippen LogP contribution in [-0.2, 0) is 4.79 Å². The largest absolute Gasteiger partial charge is 0.394 e. The van der Waals surface area contributed by atoms with E-state index in [0.717, 1.165) is 11.0 Å². The molecule has 102 valence electrons. The maximum atomic E-state index is 12.1. The topological polar surface area (TPSA) is 67.2 Å². The summed E-state index contributed by atoms with van der Waals surface area (Å²) in [5.74, 6) is -0.107. The predicted molar refractivity (Wildman–Crippen MR) is 73.8 cm³/mol. The SMILES string of the molecule is CC[C@H](CO)NC(=O)C(C)n1cnc2ccccc21. The van der Waals surface area contributed by atoms with Gasteiger partial charge in [-0.15, -0.1) is 0 Å². The van der Waals surface area contributed by atoms with E-state index in [-0.39, 0.29) is 24.6 Å². The molecule has 2 rings (SSSR count). The number of amides is 1. The van der Waals surface area contributed by atoms with E-state index in [1.165, 1.54) is 0 Å². The second kappa shape index (κ2) is 5.84. The van der Waals surface area contributed by atoms with Crippen molar-refractivity contribution in [3.05, 3.63) is 30.6 Å². The maximum absolute atomic E-state index is 12.1. The van der Waals surface area contributed by atoms with E-state index in [2.05, 4.69) is 10.3 Å². The first-order chi connectivity index (χ1) is 9.17. The van der Waals surface area contributed by atoms with Gasteiger partial charge in [-0.3, -0.25) is 4.79 Å². The van der Waals surface area contributed by atoms with Crippen molar-refractivity contribution in [2.45, 2.75) is 32.4 Å². The summed E-state index contributed by atoms with van der Waals surface area (Å²) in [6.45, 7) is 3.71. The number of imidazole rings is 1. The van der Waals surface area contributed by atoms with E-state index in [9.17, 15) is 4.79 Å². The molecule has 2 N–H and O–H groups in total. The molecule has 2 aromatic rings. The minimum atomic E-state index is -0.354. The van der Waals surface area contributed by atoms with Crippen LogP contribution >= 0.6 is 0 Å². The molecule has 1 heterocycles. The van der Waals surface area contributed by atoms with Gasteiger partial charge in [-0.05, 0) is 25.5 Å². The van der Waals surface area contributed by atoms with Gasteiger partial charge in [0, 0.05) is 0 Å². The number of hydrogen-bond acceptors (Lipinski definition) is 3. The fourth-order valence-electron chi connectivity index (χ4n) is 2.01. The highest BCUT2D eigenvalue weighted by Crippen LogP contribution is 2.17. The number of rotatable bonds is 5. The van der Waals surface area contributed by atoms with Gasteiger partial charge in [-0.25, -0.2) is 4.98 Å². The van der Waals surface area contributed by atoms with Crippen LogP contribution in [0.25, 0.3) is 11.0 Å². The lowest BCUT2D eigenvalue weighted by atomic mass is 10.2. The molecule has 1 amide bonds. The number of nitrogens with one attached hydrogen (secondary N) is 1. The number of carbonyl (C=O) groups is 1. The number of aromatic nitrogens is 2. The van der Waals surface area contributed by atoms with Gasteiger partial charge in [0.1, 0.15) is 6.04 Å². The quantitative estimate of drug-likeness (QED) is 0.856. The number of carbonyl (C=O) groups excluding carboxylic acids is 1. The van der Waals surface area contributed by atoms with Crippen LogP contribution in [0, 0.1) is 0 Å². The van der Waals surface area contributed by atoms with E-state index in [1.54, 1.807) is 6.33 Å². The Kier molecular flexibility index (Phi) is 4.16. The zero-order chi connectivity index (χ0) is 13.8. The number of para-hydroxylation sites is 2. The summed E-state index contributed by atoms with van der Waals surface area (Å²) in [4.78, 5) is 16.4. The molecule has 0 fully saturated rings. The number of hydrogen-bond donors (Lipinski definition) is 2. The standard InChI is InChI=1S/C14H19N3O2/c1-3-11(8-18)16-14(19)10(2)17-9-15-12-6-4-5-7-13(12)17/h4-7,9-11,18H,3,8H2,1-2H3,(H,16,19)/t10?,11-/m1/s1. The summed E-state index contributed by atoms with van der Waals surface area (Å²) in [7, 11) is 0. The van der Waals surface area contributed by atoms with Gasteiger partial charge in [-0.2, -0.15) is 0 Å². The van der Waals surface area contributed by atoms with Crippen LogP contribution < -0.4 is 5.32 Å². The molecule has 0 radical (unpaired) electrons. The van der Waals surface area contributed by atoms with Crippen molar-refractivity contribution in [2.24, 2.45) is 0 Å². The Hall–Kier alpha value is -1.88. The molecule has 19 heavy (non-hydrogen) atoms. The summed E-state index contributed by atoms with van der Waals surface area (Å²) >= 11 is 0. The third-order valence-electron chi connectivity index (χ3n) is 3.34. The first-order valence-electron chi connectivity index (χ1n) is 6.50. The summed E-state index contributed by atoms with van der Waals surface area (Å²) in [6, 6.07) is 7.16. The molecule has 0 saturated carbocycles. The predicted octanol–water partition coefficient (Wildman–Crippen LogP) is 1.48. The Labute approximate surface area is 112 Å². The Bertz CT molecular complexity index is 561. The average Bonchev–Trinajstić information content (AvgIpc) is 2.87. The van der Waals surface area contributed by atoms with Gasteiger partial charge >= 0.3 is 0 Å². The molecule has 0 aliphatic heterocycles. The first-order valence-corrected chi connectivity index (χ1v) is 6.50. The average molecular weight is 261 g/mol. The number of aliphatic hydroxyl groups excluding tert-OH is 1. The molecule has 0 bridgehead atoms. The zero-order valence-electron chi connectivity index (χ0n) is 11.2. The van der Waals surface area contributed by atoms with E-state index in [0.29, 0.717) is 6.42 Å². The van der Waals surface area contributed by atoms with E-state index in [1.807, 2.05) is 42.7 Å². The van der Waals surface area contributed by atoms with Crippen LogP contribution in [0.1, 0.15) is 26.3 Å². The molecule has 0 aliphatic carbocycles. The molecule has 5 nitrogen and oxygen atoms in total. The molecule has 0 saturated heterocycles. The van der Waals surface area contributed by atoms with Crippen molar-refractivity contribution in [2.75, 3.05) is 6.61 Å². The van der Waals surface area contributed by atoms with Gasteiger partial charge in [-0.1, -0.05) is 19.1 Å². The summed E-state index contributed by atoms with van der Waals surface area (Å²) in [5.41, 5.74) is 1.80. The molecular weight excluding hydrogens is 242 g/mol. The highest BCUT2D eigenvalue weighted by Gasteiger charge is 2.19. The smallest absolute Gasteiger partial charge is 0.243 e. The van der Waals surface area contributed by atoms with Crippen molar-refractivity contribution in [1.29, 1.82) is 0 Å². The first kappa shape index (κ1) is 13.5. The maximum Gasteiger partial charge on any atom is 0.243 e. The molecule has 1 aromatic heterocycles. The number of fused-ring (bicyclic) bond motifs is 1. The summed E-state index contributed by atoms with van der Waals surface area (Å²) < 4.78 is 1.84. The zero-order valence-corrected chi connectivity index (χ0v) is 11.2. The summed E-state index contributed by atoms with van der Waals surface area (Å²) in [6.07, 6.45) is 2.38. The van der Waals surface area contributed by atoms with Gasteiger partial charge in [0.15, 0.2) is 0 Å². The van der Waals surface area contributed by atoms with Crippen molar-refractivity contribution in [3.63, 3.8) is 0 Å². The van der Waals surface area contributed by atoms with Gasteiger partial charge in [0.05, 0.1) is 30.0 Å². The minimum absolute atomic E-state index is 0.0420. The number of benzene rings is 1. The fraction of sp³-hybridized carbons (Fsp3) is 0.429. The normalized spacial score (nSPS) is 14.3. The third kappa shape index (κ3) is 2.76. The molecule has 2 atom stereocenters. The fourth-order valence-corrected chi connectivity index (χ4v) is 2.01. The third-order valence-corrected chi connectivity index (χ3v) is 3.34. The van der Waals surface area contributed by atoms with Crippen molar-refractivity contribution >= 4 is 16.9 Å². The lowest BCUT2D eigenvalue weighted by Gasteiger charge is -2.19.